The zero-order valence-corrected chi connectivity index (χ0v) is 19.1. The number of hydrogen-bond donors (Lipinski definition) is 0. The van der Waals surface area contributed by atoms with Gasteiger partial charge in [-0.25, -0.2) is 0 Å². The maximum Gasteiger partial charge on any atom is 0.254 e. The number of para-hydroxylation sites is 1. The SMILES string of the molecule is COc1ccc(CCC(=O)N2CCCN(C(=O)c3cc(=O)n(C)c4ccccc34)CC2)cc1. The number of aryl methyl sites for hydroxylation is 2. The Kier molecular flexibility index (Phi) is 6.77. The molecule has 7 nitrogen and oxygen atoms in total. The van der Waals surface area contributed by atoms with Crippen molar-refractivity contribution in [3.05, 3.63) is 76.1 Å². The zero-order chi connectivity index (χ0) is 23.4. The fourth-order valence-electron chi connectivity index (χ4n) is 4.33. The lowest BCUT2D eigenvalue weighted by atomic mass is 10.1. The number of methoxy groups -OCH3 is 1. The van der Waals surface area contributed by atoms with Gasteiger partial charge in [0, 0.05) is 51.1 Å². The van der Waals surface area contributed by atoms with Crippen molar-refractivity contribution in [2.75, 3.05) is 33.3 Å². The van der Waals surface area contributed by atoms with E-state index in [1.54, 1.807) is 23.6 Å². The Morgan fingerprint density at radius 3 is 2.39 bits per heavy atom. The lowest BCUT2D eigenvalue weighted by Gasteiger charge is -2.23. The number of amides is 2. The van der Waals surface area contributed by atoms with Crippen LogP contribution in [0.3, 0.4) is 0 Å². The smallest absolute Gasteiger partial charge is 0.254 e. The van der Waals surface area contributed by atoms with E-state index in [9.17, 15) is 14.4 Å². The molecule has 3 aromatic rings. The predicted molar refractivity (Wildman–Crippen MR) is 128 cm³/mol. The molecule has 1 fully saturated rings. The van der Waals surface area contributed by atoms with Gasteiger partial charge in [-0.1, -0.05) is 30.3 Å². The summed E-state index contributed by atoms with van der Waals surface area (Å²) in [5.74, 6) is 0.738. The highest BCUT2D eigenvalue weighted by Crippen LogP contribution is 2.19. The highest BCUT2D eigenvalue weighted by molar-refractivity contribution is 6.06. The molecule has 33 heavy (non-hydrogen) atoms. The number of pyridine rings is 1. The van der Waals surface area contributed by atoms with Crippen LogP contribution in [0.15, 0.2) is 59.4 Å². The highest BCUT2D eigenvalue weighted by Gasteiger charge is 2.24. The van der Waals surface area contributed by atoms with Gasteiger partial charge < -0.3 is 19.1 Å². The molecular formula is C26H29N3O4. The van der Waals surface area contributed by atoms with Crippen molar-refractivity contribution >= 4 is 22.7 Å². The van der Waals surface area contributed by atoms with Crippen LogP contribution < -0.4 is 10.3 Å². The molecule has 1 aromatic heterocycles. The number of fused-ring (bicyclic) bond motifs is 1. The molecule has 0 radical (unpaired) electrons. The molecule has 172 valence electrons. The molecule has 0 N–H and O–H groups in total. The van der Waals surface area contributed by atoms with Gasteiger partial charge in [-0.05, 0) is 36.6 Å². The van der Waals surface area contributed by atoms with Crippen molar-refractivity contribution in [3.63, 3.8) is 0 Å². The number of hydrogen-bond acceptors (Lipinski definition) is 4. The summed E-state index contributed by atoms with van der Waals surface area (Å²) < 4.78 is 6.73. The summed E-state index contributed by atoms with van der Waals surface area (Å²) in [6, 6.07) is 16.6. The first-order valence-corrected chi connectivity index (χ1v) is 11.3. The van der Waals surface area contributed by atoms with Crippen LogP contribution in [0.25, 0.3) is 10.9 Å². The van der Waals surface area contributed by atoms with Gasteiger partial charge in [-0.2, -0.15) is 0 Å². The molecule has 4 rings (SSSR count). The minimum Gasteiger partial charge on any atom is -0.497 e. The molecule has 0 unspecified atom stereocenters. The molecule has 0 saturated carbocycles. The van der Waals surface area contributed by atoms with Crippen LogP contribution >= 0.6 is 0 Å². The summed E-state index contributed by atoms with van der Waals surface area (Å²) in [6.45, 7) is 2.14. The van der Waals surface area contributed by atoms with Crippen LogP contribution in [0, 0.1) is 0 Å². The largest absolute Gasteiger partial charge is 0.497 e. The van der Waals surface area contributed by atoms with Crippen molar-refractivity contribution < 1.29 is 14.3 Å². The van der Waals surface area contributed by atoms with E-state index in [-0.39, 0.29) is 17.4 Å². The normalized spacial score (nSPS) is 14.2. The fraction of sp³-hybridized carbons (Fsp3) is 0.346. The first kappa shape index (κ1) is 22.6. The summed E-state index contributed by atoms with van der Waals surface area (Å²) in [5, 5.41) is 0.765. The van der Waals surface area contributed by atoms with Crippen LogP contribution in [0.2, 0.25) is 0 Å². The molecular weight excluding hydrogens is 418 g/mol. The van der Waals surface area contributed by atoms with Crippen molar-refractivity contribution in [2.45, 2.75) is 19.3 Å². The Balaban J connectivity index is 1.41. The average molecular weight is 448 g/mol. The second-order valence-electron chi connectivity index (χ2n) is 8.35. The Morgan fingerprint density at radius 1 is 0.939 bits per heavy atom. The van der Waals surface area contributed by atoms with E-state index in [2.05, 4.69) is 0 Å². The maximum atomic E-state index is 13.3. The molecule has 2 amide bonds. The molecule has 7 heteroatoms. The molecule has 0 spiro atoms. The number of benzene rings is 2. The van der Waals surface area contributed by atoms with E-state index < -0.39 is 0 Å². The number of ether oxygens (including phenoxy) is 1. The van der Waals surface area contributed by atoms with Gasteiger partial charge in [0.25, 0.3) is 11.5 Å². The second kappa shape index (κ2) is 9.90. The standard InChI is InChI=1S/C26H29N3O4/c1-27-23-7-4-3-6-21(23)22(18-25(27)31)26(32)29-15-5-14-28(16-17-29)24(30)13-10-19-8-11-20(33-2)12-9-19/h3-4,6-9,11-12,18H,5,10,13-17H2,1-2H3. The monoisotopic (exact) mass is 447 g/mol. The molecule has 0 atom stereocenters. The lowest BCUT2D eigenvalue weighted by Crippen LogP contribution is -2.38. The van der Waals surface area contributed by atoms with Crippen molar-refractivity contribution in [1.29, 1.82) is 0 Å². The quantitative estimate of drug-likeness (QED) is 0.603. The summed E-state index contributed by atoms with van der Waals surface area (Å²) in [6.07, 6.45) is 1.81. The van der Waals surface area contributed by atoms with Gasteiger partial charge >= 0.3 is 0 Å². The first-order chi connectivity index (χ1) is 16.0. The van der Waals surface area contributed by atoms with E-state index >= 15 is 0 Å². The Bertz CT molecular complexity index is 1220. The highest BCUT2D eigenvalue weighted by atomic mass is 16.5. The Morgan fingerprint density at radius 2 is 1.64 bits per heavy atom. The number of carbonyl (C=O) groups is 2. The van der Waals surface area contributed by atoms with Gasteiger partial charge in [0.2, 0.25) is 5.91 Å². The van der Waals surface area contributed by atoms with E-state index in [1.807, 2.05) is 53.4 Å². The van der Waals surface area contributed by atoms with Gasteiger partial charge in [0.05, 0.1) is 18.2 Å². The van der Waals surface area contributed by atoms with Crippen LogP contribution in [0.5, 0.6) is 5.75 Å². The Hall–Kier alpha value is -3.61. The number of rotatable bonds is 5. The molecule has 1 saturated heterocycles. The number of carbonyl (C=O) groups excluding carboxylic acids is 2. The molecule has 1 aliphatic heterocycles. The molecule has 2 aromatic carbocycles. The molecule has 1 aliphatic rings. The number of aromatic nitrogens is 1. The molecule has 0 aliphatic carbocycles. The van der Waals surface area contributed by atoms with E-state index in [1.165, 1.54) is 6.07 Å². The lowest BCUT2D eigenvalue weighted by molar-refractivity contribution is -0.131. The van der Waals surface area contributed by atoms with Crippen LogP contribution in [0.4, 0.5) is 0 Å². The second-order valence-corrected chi connectivity index (χ2v) is 8.35. The van der Waals surface area contributed by atoms with Gasteiger partial charge in [-0.15, -0.1) is 0 Å². The molecule has 0 bridgehead atoms. The Labute approximate surface area is 193 Å². The maximum absolute atomic E-state index is 13.3. The van der Waals surface area contributed by atoms with Gasteiger partial charge in [-0.3, -0.25) is 14.4 Å². The van der Waals surface area contributed by atoms with Crippen LogP contribution in [-0.2, 0) is 18.3 Å². The van der Waals surface area contributed by atoms with E-state index in [0.717, 1.165) is 22.2 Å². The van der Waals surface area contributed by atoms with E-state index in [0.29, 0.717) is 51.0 Å². The van der Waals surface area contributed by atoms with Crippen molar-refractivity contribution in [2.24, 2.45) is 7.05 Å². The summed E-state index contributed by atoms with van der Waals surface area (Å²) in [7, 11) is 3.34. The van der Waals surface area contributed by atoms with Gasteiger partial charge in [0.15, 0.2) is 0 Å². The minimum atomic E-state index is -0.206. The summed E-state index contributed by atoms with van der Waals surface area (Å²) >= 11 is 0. The average Bonchev–Trinajstić information content (AvgIpc) is 3.11. The zero-order valence-electron chi connectivity index (χ0n) is 19.1. The van der Waals surface area contributed by atoms with Crippen LogP contribution in [0.1, 0.15) is 28.8 Å². The first-order valence-electron chi connectivity index (χ1n) is 11.3. The van der Waals surface area contributed by atoms with Gasteiger partial charge in [0.1, 0.15) is 5.75 Å². The third-order valence-corrected chi connectivity index (χ3v) is 6.31. The van der Waals surface area contributed by atoms with Crippen molar-refractivity contribution in [3.8, 4) is 5.75 Å². The topological polar surface area (TPSA) is 71.8 Å². The fourth-order valence-corrected chi connectivity index (χ4v) is 4.33. The molecule has 2 heterocycles. The summed E-state index contributed by atoms with van der Waals surface area (Å²) in [5.41, 5.74) is 2.04. The summed E-state index contributed by atoms with van der Waals surface area (Å²) in [4.78, 5) is 42.2. The third-order valence-electron chi connectivity index (χ3n) is 6.31. The van der Waals surface area contributed by atoms with E-state index in [4.69, 9.17) is 4.74 Å². The van der Waals surface area contributed by atoms with Crippen molar-refractivity contribution in [1.82, 2.24) is 14.4 Å². The third kappa shape index (κ3) is 4.92. The minimum absolute atomic E-state index is 0.0964. The number of nitrogens with zero attached hydrogens (tertiary/aromatic N) is 3. The van der Waals surface area contributed by atoms with Crippen LogP contribution in [-0.4, -0.2) is 59.5 Å². The predicted octanol–water partition coefficient (Wildman–Crippen LogP) is 2.85.